The Labute approximate surface area is 199 Å². The first-order chi connectivity index (χ1) is 16.0. The number of benzene rings is 2. The number of thioether (sulfide) groups is 1. The molecule has 0 aliphatic rings. The lowest BCUT2D eigenvalue weighted by molar-refractivity contribution is -0.116. The number of nitrogens with zero attached hydrogens (tertiary/aromatic N) is 5. The van der Waals surface area contributed by atoms with Gasteiger partial charge >= 0.3 is 0 Å². The van der Waals surface area contributed by atoms with Crippen LogP contribution < -0.4 is 4.90 Å². The van der Waals surface area contributed by atoms with Gasteiger partial charge in [-0.1, -0.05) is 48.2 Å². The number of aromatic nitrogens is 4. The summed E-state index contributed by atoms with van der Waals surface area (Å²) in [4.78, 5) is 19.7. The van der Waals surface area contributed by atoms with Gasteiger partial charge in [0.2, 0.25) is 5.91 Å². The number of halogens is 1. The van der Waals surface area contributed by atoms with Gasteiger partial charge in [0, 0.05) is 17.5 Å². The summed E-state index contributed by atoms with van der Waals surface area (Å²) >= 11 is 2.73. The summed E-state index contributed by atoms with van der Waals surface area (Å²) < 4.78 is 15.2. The van der Waals surface area contributed by atoms with Crippen LogP contribution in [0.3, 0.4) is 0 Å². The highest BCUT2D eigenvalue weighted by Crippen LogP contribution is 2.30. The first kappa shape index (κ1) is 22.9. The van der Waals surface area contributed by atoms with E-state index in [2.05, 4.69) is 21.8 Å². The molecule has 0 aliphatic heterocycles. The Morgan fingerprint density at radius 1 is 1.18 bits per heavy atom. The van der Waals surface area contributed by atoms with Crippen molar-refractivity contribution >= 4 is 34.1 Å². The van der Waals surface area contributed by atoms with Gasteiger partial charge in [0.1, 0.15) is 11.6 Å². The maximum Gasteiger partial charge on any atom is 0.239 e. The van der Waals surface area contributed by atoms with Gasteiger partial charge in [-0.3, -0.25) is 9.69 Å². The molecule has 0 radical (unpaired) electrons. The Kier molecular flexibility index (Phi) is 7.31. The number of carbonyl (C=O) groups is 1. The van der Waals surface area contributed by atoms with E-state index < -0.39 is 0 Å². The van der Waals surface area contributed by atoms with Crippen LogP contribution in [0.15, 0.2) is 77.8 Å². The largest absolute Gasteiger partial charge is 0.302 e. The monoisotopic (exact) mass is 479 g/mol. The van der Waals surface area contributed by atoms with E-state index in [-0.39, 0.29) is 17.5 Å². The molecule has 0 spiro atoms. The molecule has 0 saturated carbocycles. The summed E-state index contributed by atoms with van der Waals surface area (Å²) in [6.45, 7) is 6.62. The Balaban J connectivity index is 1.57. The lowest BCUT2D eigenvalue weighted by Crippen LogP contribution is -2.32. The quantitative estimate of drug-likeness (QED) is 0.239. The number of amides is 1. The fourth-order valence-corrected chi connectivity index (χ4v) is 4.90. The molecule has 33 heavy (non-hydrogen) atoms. The highest BCUT2D eigenvalue weighted by Gasteiger charge is 2.21. The number of rotatable bonds is 9. The number of aryl methyl sites for hydroxylation is 1. The molecule has 0 bridgehead atoms. The third-order valence-electron chi connectivity index (χ3n) is 4.89. The first-order valence-electron chi connectivity index (χ1n) is 10.2. The van der Waals surface area contributed by atoms with E-state index in [1.54, 1.807) is 23.1 Å². The van der Waals surface area contributed by atoms with E-state index in [1.165, 1.54) is 35.2 Å². The predicted molar refractivity (Wildman–Crippen MR) is 131 cm³/mol. The van der Waals surface area contributed by atoms with Crippen molar-refractivity contribution in [1.82, 2.24) is 19.7 Å². The number of carbonyl (C=O) groups excluding carboxylic acids is 1. The highest BCUT2D eigenvalue weighted by atomic mass is 32.2. The predicted octanol–water partition coefficient (Wildman–Crippen LogP) is 5.36. The van der Waals surface area contributed by atoms with Crippen molar-refractivity contribution in [2.24, 2.45) is 0 Å². The molecule has 4 rings (SSSR count). The van der Waals surface area contributed by atoms with Crippen molar-refractivity contribution in [1.29, 1.82) is 0 Å². The minimum absolute atomic E-state index is 0.0883. The van der Waals surface area contributed by atoms with Gasteiger partial charge in [0.25, 0.3) is 0 Å². The van der Waals surface area contributed by atoms with Crippen molar-refractivity contribution in [3.63, 3.8) is 0 Å². The Morgan fingerprint density at radius 2 is 1.94 bits per heavy atom. The average molecular weight is 480 g/mol. The SMILES string of the molecule is C=CCn1c(C)nnc1SCC(=O)N(Cc1ccccc1)c1nc(-c2ccc(F)cc2)cs1. The lowest BCUT2D eigenvalue weighted by Gasteiger charge is -2.20. The zero-order valence-electron chi connectivity index (χ0n) is 18.0. The van der Waals surface area contributed by atoms with Crippen molar-refractivity contribution in [3.05, 3.63) is 89.8 Å². The summed E-state index contributed by atoms with van der Waals surface area (Å²) in [5.74, 6) is 0.573. The second kappa shape index (κ2) is 10.5. The Hall–Kier alpha value is -3.30. The third-order valence-corrected chi connectivity index (χ3v) is 6.70. The zero-order chi connectivity index (χ0) is 23.2. The van der Waals surface area contributed by atoms with Gasteiger partial charge in [-0.05, 0) is 36.8 Å². The van der Waals surface area contributed by atoms with Crippen LogP contribution >= 0.6 is 23.1 Å². The number of hydrogen-bond donors (Lipinski definition) is 0. The summed E-state index contributed by atoms with van der Waals surface area (Å²) in [5.41, 5.74) is 2.50. The van der Waals surface area contributed by atoms with E-state index in [0.29, 0.717) is 29.1 Å². The third kappa shape index (κ3) is 5.55. The fraction of sp³-hybridized carbons (Fsp3) is 0.167. The molecule has 9 heteroatoms. The average Bonchev–Trinajstić information content (AvgIpc) is 3.45. The van der Waals surface area contributed by atoms with Crippen LogP contribution in [0.4, 0.5) is 9.52 Å². The molecule has 168 valence electrons. The maximum absolute atomic E-state index is 13.3. The number of allylic oxidation sites excluding steroid dienone is 1. The summed E-state index contributed by atoms with van der Waals surface area (Å²) in [6.07, 6.45) is 1.77. The second-order valence-corrected chi connectivity index (χ2v) is 8.98. The van der Waals surface area contributed by atoms with Crippen molar-refractivity contribution in [2.45, 2.75) is 25.2 Å². The van der Waals surface area contributed by atoms with E-state index >= 15 is 0 Å². The van der Waals surface area contributed by atoms with Crippen LogP contribution in [-0.4, -0.2) is 31.4 Å². The van der Waals surface area contributed by atoms with E-state index in [4.69, 9.17) is 0 Å². The van der Waals surface area contributed by atoms with Gasteiger partial charge < -0.3 is 4.57 Å². The molecule has 4 aromatic rings. The number of hydrogen-bond acceptors (Lipinski definition) is 6. The minimum atomic E-state index is -0.299. The topological polar surface area (TPSA) is 63.9 Å². The van der Waals surface area contributed by atoms with E-state index in [0.717, 1.165) is 17.0 Å². The van der Waals surface area contributed by atoms with Gasteiger partial charge in [-0.15, -0.1) is 28.1 Å². The van der Waals surface area contributed by atoms with Crippen LogP contribution in [0.25, 0.3) is 11.3 Å². The molecular formula is C24H22FN5OS2. The first-order valence-corrected chi connectivity index (χ1v) is 12.1. The highest BCUT2D eigenvalue weighted by molar-refractivity contribution is 7.99. The molecule has 2 aromatic heterocycles. The molecule has 0 fully saturated rings. The van der Waals surface area contributed by atoms with Gasteiger partial charge in [-0.2, -0.15) is 0 Å². The summed E-state index contributed by atoms with van der Waals surface area (Å²) in [7, 11) is 0. The molecule has 2 aromatic carbocycles. The maximum atomic E-state index is 13.3. The van der Waals surface area contributed by atoms with E-state index in [1.807, 2.05) is 47.2 Å². The van der Waals surface area contributed by atoms with Gasteiger partial charge in [0.05, 0.1) is 18.0 Å². The Bertz CT molecular complexity index is 1240. The lowest BCUT2D eigenvalue weighted by atomic mass is 10.2. The van der Waals surface area contributed by atoms with Crippen molar-refractivity contribution < 1.29 is 9.18 Å². The smallest absolute Gasteiger partial charge is 0.239 e. The number of anilines is 1. The molecule has 6 nitrogen and oxygen atoms in total. The minimum Gasteiger partial charge on any atom is -0.302 e. The molecule has 0 saturated heterocycles. The van der Waals surface area contributed by atoms with Crippen LogP contribution in [-0.2, 0) is 17.9 Å². The molecular weight excluding hydrogens is 457 g/mol. The standard InChI is InChI=1S/C24H22FN5OS2/c1-3-13-29-17(2)27-28-24(29)33-16-22(31)30(14-18-7-5-4-6-8-18)23-26-21(15-32-23)19-9-11-20(25)12-10-19/h3-12,15H,1,13-14,16H2,2H3. The normalized spacial score (nSPS) is 10.8. The fourth-order valence-electron chi connectivity index (χ4n) is 3.18. The zero-order valence-corrected chi connectivity index (χ0v) is 19.7. The van der Waals surface area contributed by atoms with E-state index in [9.17, 15) is 9.18 Å². The Morgan fingerprint density at radius 3 is 2.67 bits per heavy atom. The van der Waals surface area contributed by atoms with Gasteiger partial charge in [-0.25, -0.2) is 9.37 Å². The molecule has 0 N–H and O–H groups in total. The molecule has 0 aliphatic carbocycles. The molecule has 0 atom stereocenters. The summed E-state index contributed by atoms with van der Waals surface area (Å²) in [6, 6.07) is 16.0. The van der Waals surface area contributed by atoms with Crippen LogP contribution in [0, 0.1) is 12.7 Å². The van der Waals surface area contributed by atoms with Crippen molar-refractivity contribution in [2.75, 3.05) is 10.7 Å². The van der Waals surface area contributed by atoms with Crippen LogP contribution in [0.5, 0.6) is 0 Å². The van der Waals surface area contributed by atoms with Gasteiger partial charge in [0.15, 0.2) is 10.3 Å². The molecule has 2 heterocycles. The molecule has 0 unspecified atom stereocenters. The van der Waals surface area contributed by atoms with Crippen LogP contribution in [0.1, 0.15) is 11.4 Å². The summed E-state index contributed by atoms with van der Waals surface area (Å²) in [5, 5.41) is 11.4. The second-order valence-electron chi connectivity index (χ2n) is 7.21. The number of thiazole rings is 1. The van der Waals surface area contributed by atoms with Crippen molar-refractivity contribution in [3.8, 4) is 11.3 Å². The molecule has 1 amide bonds. The van der Waals surface area contributed by atoms with Crippen LogP contribution in [0.2, 0.25) is 0 Å².